The van der Waals surface area contributed by atoms with E-state index in [1.165, 1.54) is 19.1 Å². The second-order valence-corrected chi connectivity index (χ2v) is 5.45. The monoisotopic (exact) mass is 308 g/mol. The summed E-state index contributed by atoms with van der Waals surface area (Å²) in [6.07, 6.45) is 0.837. The van der Waals surface area contributed by atoms with Crippen molar-refractivity contribution in [1.29, 1.82) is 0 Å². The van der Waals surface area contributed by atoms with E-state index < -0.39 is 0 Å². The van der Waals surface area contributed by atoms with Gasteiger partial charge >= 0.3 is 0 Å². The molecule has 1 aromatic heterocycles. The van der Waals surface area contributed by atoms with Crippen LogP contribution in [0.15, 0.2) is 18.2 Å². The summed E-state index contributed by atoms with van der Waals surface area (Å²) in [6.45, 7) is 2.91. The number of benzene rings is 1. The van der Waals surface area contributed by atoms with Crippen LogP contribution in [-0.2, 0) is 4.79 Å². The number of fused-ring (bicyclic) bond motifs is 1. The van der Waals surface area contributed by atoms with Crippen molar-refractivity contribution in [2.75, 3.05) is 18.0 Å². The summed E-state index contributed by atoms with van der Waals surface area (Å²) in [5, 5.41) is 3.74. The first-order chi connectivity index (χ1) is 10.0. The molecule has 1 aromatic carbocycles. The van der Waals surface area contributed by atoms with Crippen molar-refractivity contribution >= 4 is 34.2 Å². The molecule has 2 aromatic rings. The number of aromatic nitrogens is 2. The van der Waals surface area contributed by atoms with E-state index >= 15 is 0 Å². The van der Waals surface area contributed by atoms with Gasteiger partial charge in [0, 0.05) is 37.5 Å². The smallest absolute Gasteiger partial charge is 0.224 e. The van der Waals surface area contributed by atoms with Crippen LogP contribution in [0.3, 0.4) is 0 Å². The Hall–Kier alpha value is -1.95. The van der Waals surface area contributed by atoms with E-state index in [4.69, 9.17) is 11.6 Å². The van der Waals surface area contributed by atoms with E-state index in [1.807, 2.05) is 4.90 Å². The third kappa shape index (κ3) is 2.90. The summed E-state index contributed by atoms with van der Waals surface area (Å²) < 4.78 is 13.3. The normalized spacial score (nSPS) is 18.2. The predicted octanol–water partition coefficient (Wildman–Crippen LogP) is 2.14. The first-order valence-electron chi connectivity index (χ1n) is 6.68. The summed E-state index contributed by atoms with van der Waals surface area (Å²) in [5.41, 5.74) is 0.480. The molecule has 1 N–H and O–H groups in total. The van der Waals surface area contributed by atoms with Crippen molar-refractivity contribution < 1.29 is 9.18 Å². The van der Waals surface area contributed by atoms with Crippen molar-refractivity contribution in [2.45, 2.75) is 19.4 Å². The van der Waals surface area contributed by atoms with Gasteiger partial charge in [0.15, 0.2) is 0 Å². The fraction of sp³-hybridized carbons (Fsp3) is 0.357. The molecule has 5 nitrogen and oxygen atoms in total. The maximum atomic E-state index is 13.3. The topological polar surface area (TPSA) is 58.1 Å². The molecule has 1 amide bonds. The molecule has 0 bridgehead atoms. The van der Waals surface area contributed by atoms with Gasteiger partial charge in [-0.1, -0.05) is 0 Å². The van der Waals surface area contributed by atoms with Gasteiger partial charge < -0.3 is 10.2 Å². The average Bonchev–Trinajstić information content (AvgIpc) is 2.84. The quantitative estimate of drug-likeness (QED) is 0.864. The van der Waals surface area contributed by atoms with Crippen LogP contribution in [-0.4, -0.2) is 35.0 Å². The molecule has 0 unspecified atom stereocenters. The lowest BCUT2D eigenvalue weighted by atomic mass is 10.2. The highest BCUT2D eigenvalue weighted by molar-refractivity contribution is 6.28. The summed E-state index contributed by atoms with van der Waals surface area (Å²) in [7, 11) is 0. The highest BCUT2D eigenvalue weighted by Crippen LogP contribution is 2.28. The molecule has 1 aliphatic rings. The van der Waals surface area contributed by atoms with Crippen LogP contribution in [0.2, 0.25) is 5.28 Å². The zero-order valence-corrected chi connectivity index (χ0v) is 12.2. The lowest BCUT2D eigenvalue weighted by molar-refractivity contribution is -0.119. The predicted molar refractivity (Wildman–Crippen MR) is 78.9 cm³/mol. The van der Waals surface area contributed by atoms with Crippen LogP contribution in [0.4, 0.5) is 10.2 Å². The van der Waals surface area contributed by atoms with Crippen LogP contribution >= 0.6 is 11.6 Å². The lowest BCUT2D eigenvalue weighted by Gasteiger charge is -2.19. The zero-order chi connectivity index (χ0) is 15.0. The molecule has 3 rings (SSSR count). The van der Waals surface area contributed by atoms with Gasteiger partial charge in [-0.3, -0.25) is 4.79 Å². The van der Waals surface area contributed by atoms with E-state index in [1.54, 1.807) is 6.07 Å². The Morgan fingerprint density at radius 1 is 1.48 bits per heavy atom. The first kappa shape index (κ1) is 14.0. The van der Waals surface area contributed by atoms with Gasteiger partial charge in [0.1, 0.15) is 11.6 Å². The molecule has 0 aliphatic carbocycles. The van der Waals surface area contributed by atoms with Gasteiger partial charge in [0.25, 0.3) is 0 Å². The first-order valence-corrected chi connectivity index (χ1v) is 7.05. The van der Waals surface area contributed by atoms with Gasteiger partial charge in [-0.2, -0.15) is 4.98 Å². The maximum Gasteiger partial charge on any atom is 0.224 e. The largest absolute Gasteiger partial charge is 0.354 e. The second-order valence-electron chi connectivity index (χ2n) is 5.11. The van der Waals surface area contributed by atoms with Crippen molar-refractivity contribution in [2.24, 2.45) is 0 Å². The number of anilines is 1. The summed E-state index contributed by atoms with van der Waals surface area (Å²) in [6, 6.07) is 4.46. The number of carbonyl (C=O) groups excluding carboxylic acids is 1. The van der Waals surface area contributed by atoms with Crippen molar-refractivity contribution in [3.05, 3.63) is 29.3 Å². The van der Waals surface area contributed by atoms with Gasteiger partial charge in [-0.05, 0) is 30.2 Å². The molecule has 110 valence electrons. The molecule has 0 radical (unpaired) electrons. The molecular weight excluding hydrogens is 295 g/mol. The molecule has 1 atom stereocenters. The van der Waals surface area contributed by atoms with Gasteiger partial charge in [-0.15, -0.1) is 0 Å². The fourth-order valence-corrected chi connectivity index (χ4v) is 2.83. The SMILES string of the molecule is CC(=O)N[C@H]1CCN(c2nc(Cl)nc3cc(F)ccc23)C1. The molecule has 21 heavy (non-hydrogen) atoms. The Bertz CT molecular complexity index is 703. The number of nitrogens with one attached hydrogen (secondary N) is 1. The third-order valence-electron chi connectivity index (χ3n) is 3.51. The van der Waals surface area contributed by atoms with Gasteiger partial charge in [0.05, 0.1) is 5.52 Å². The van der Waals surface area contributed by atoms with E-state index in [0.29, 0.717) is 17.9 Å². The number of hydrogen-bond acceptors (Lipinski definition) is 4. The van der Waals surface area contributed by atoms with E-state index in [2.05, 4.69) is 15.3 Å². The molecule has 1 fully saturated rings. The number of rotatable bonds is 2. The number of amides is 1. The minimum atomic E-state index is -0.360. The average molecular weight is 309 g/mol. The van der Waals surface area contributed by atoms with E-state index in [9.17, 15) is 9.18 Å². The van der Waals surface area contributed by atoms with Crippen molar-refractivity contribution in [3.8, 4) is 0 Å². The van der Waals surface area contributed by atoms with Crippen LogP contribution < -0.4 is 10.2 Å². The van der Waals surface area contributed by atoms with Gasteiger partial charge in [-0.25, -0.2) is 9.37 Å². The fourth-order valence-electron chi connectivity index (χ4n) is 2.66. The highest BCUT2D eigenvalue weighted by atomic mass is 35.5. The number of carbonyl (C=O) groups is 1. The number of halogens is 2. The number of nitrogens with zero attached hydrogens (tertiary/aromatic N) is 3. The standard InChI is InChI=1S/C14H14ClFN4O/c1-8(21)17-10-4-5-20(7-10)13-11-3-2-9(16)6-12(11)18-14(15)19-13/h2-3,6,10H,4-5,7H2,1H3,(H,17,21)/t10-/m0/s1. The molecule has 2 heterocycles. The Kier molecular flexibility index (Phi) is 3.63. The molecule has 1 saturated heterocycles. The Morgan fingerprint density at radius 3 is 3.05 bits per heavy atom. The summed E-state index contributed by atoms with van der Waals surface area (Å²) in [4.78, 5) is 21.5. The van der Waals surface area contributed by atoms with Gasteiger partial charge in [0.2, 0.25) is 11.2 Å². The number of hydrogen-bond donors (Lipinski definition) is 1. The molecule has 1 aliphatic heterocycles. The van der Waals surface area contributed by atoms with E-state index in [0.717, 1.165) is 18.4 Å². The molecule has 0 spiro atoms. The summed E-state index contributed by atoms with van der Waals surface area (Å²) >= 11 is 5.93. The minimum Gasteiger partial charge on any atom is -0.354 e. The molecular formula is C14H14ClFN4O. The van der Waals surface area contributed by atoms with Crippen molar-refractivity contribution in [3.63, 3.8) is 0 Å². The molecule has 7 heteroatoms. The Labute approximate surface area is 126 Å². The Balaban J connectivity index is 1.95. The van der Waals surface area contributed by atoms with Crippen LogP contribution in [0.5, 0.6) is 0 Å². The zero-order valence-electron chi connectivity index (χ0n) is 11.4. The van der Waals surface area contributed by atoms with Crippen LogP contribution in [0.25, 0.3) is 10.9 Å². The second kappa shape index (κ2) is 5.44. The van der Waals surface area contributed by atoms with Crippen LogP contribution in [0.1, 0.15) is 13.3 Å². The molecule has 0 saturated carbocycles. The summed E-state index contributed by atoms with van der Waals surface area (Å²) in [5.74, 6) is 0.271. The highest BCUT2D eigenvalue weighted by Gasteiger charge is 2.25. The van der Waals surface area contributed by atoms with Crippen molar-refractivity contribution in [1.82, 2.24) is 15.3 Å². The lowest BCUT2D eigenvalue weighted by Crippen LogP contribution is -2.35. The van der Waals surface area contributed by atoms with E-state index in [-0.39, 0.29) is 23.0 Å². The maximum absolute atomic E-state index is 13.3. The third-order valence-corrected chi connectivity index (χ3v) is 3.68. The van der Waals surface area contributed by atoms with Crippen LogP contribution in [0, 0.1) is 5.82 Å². The Morgan fingerprint density at radius 2 is 2.29 bits per heavy atom. The minimum absolute atomic E-state index is 0.0468.